The van der Waals surface area contributed by atoms with Gasteiger partial charge >= 0.3 is 0 Å². The van der Waals surface area contributed by atoms with Crippen LogP contribution in [0.4, 0.5) is 4.39 Å². The highest BCUT2D eigenvalue weighted by Gasteiger charge is 2.02. The van der Waals surface area contributed by atoms with Crippen LogP contribution in [-0.2, 0) is 11.3 Å². The Labute approximate surface area is 98.0 Å². The molecule has 0 aliphatic heterocycles. The van der Waals surface area contributed by atoms with Crippen molar-refractivity contribution in [3.63, 3.8) is 0 Å². The second kappa shape index (κ2) is 6.93. The number of ether oxygens (including phenoxy) is 1. The number of benzene rings is 1. The first kappa shape index (κ1) is 12.6. The average Bonchev–Trinajstić information content (AvgIpc) is 2.23. The Hall–Kier alpha value is -0.450. The molecule has 1 rings (SSSR count). The van der Waals surface area contributed by atoms with Gasteiger partial charge in [-0.1, -0.05) is 22.9 Å². The molecule has 0 heterocycles. The fourth-order valence-electron chi connectivity index (χ4n) is 1.16. The first-order valence-corrected chi connectivity index (χ1v) is 5.75. The molecule has 0 aromatic heterocycles. The summed E-state index contributed by atoms with van der Waals surface area (Å²) in [6.07, 6.45) is 0. The highest BCUT2D eigenvalue weighted by molar-refractivity contribution is 9.10. The van der Waals surface area contributed by atoms with Crippen molar-refractivity contribution in [1.29, 1.82) is 0 Å². The Morgan fingerprint density at radius 2 is 2.27 bits per heavy atom. The quantitative estimate of drug-likeness (QED) is 0.807. The van der Waals surface area contributed by atoms with E-state index >= 15 is 0 Å². The molecule has 15 heavy (non-hydrogen) atoms. The van der Waals surface area contributed by atoms with Crippen molar-refractivity contribution >= 4 is 15.9 Å². The molecule has 0 aliphatic rings. The molecule has 1 aromatic carbocycles. The SMILES string of the molecule is CCNCCOCc1cc(Br)ccc1F. The normalized spacial score (nSPS) is 10.6. The van der Waals surface area contributed by atoms with Gasteiger partial charge in [0, 0.05) is 16.6 Å². The monoisotopic (exact) mass is 275 g/mol. The van der Waals surface area contributed by atoms with Crippen LogP contribution < -0.4 is 5.32 Å². The van der Waals surface area contributed by atoms with E-state index in [0.29, 0.717) is 18.8 Å². The van der Waals surface area contributed by atoms with Crippen molar-refractivity contribution in [2.45, 2.75) is 13.5 Å². The molecule has 4 heteroatoms. The summed E-state index contributed by atoms with van der Waals surface area (Å²) in [6, 6.07) is 4.85. The van der Waals surface area contributed by atoms with Crippen molar-refractivity contribution < 1.29 is 9.13 Å². The number of halogens is 2. The molecule has 0 atom stereocenters. The minimum absolute atomic E-state index is 0.221. The Morgan fingerprint density at radius 1 is 1.47 bits per heavy atom. The highest BCUT2D eigenvalue weighted by atomic mass is 79.9. The zero-order valence-corrected chi connectivity index (χ0v) is 10.3. The third-order valence-corrected chi connectivity index (χ3v) is 2.43. The largest absolute Gasteiger partial charge is 0.375 e. The summed E-state index contributed by atoms with van der Waals surface area (Å²) in [5, 5.41) is 3.13. The number of hydrogen-bond acceptors (Lipinski definition) is 2. The van der Waals surface area contributed by atoms with Crippen LogP contribution in [0, 0.1) is 5.82 Å². The molecule has 0 amide bonds. The van der Waals surface area contributed by atoms with Crippen LogP contribution in [-0.4, -0.2) is 19.7 Å². The molecule has 0 saturated carbocycles. The molecular formula is C11H15BrFNO. The lowest BCUT2D eigenvalue weighted by Crippen LogP contribution is -2.18. The molecule has 2 nitrogen and oxygen atoms in total. The molecule has 0 aliphatic carbocycles. The molecule has 0 radical (unpaired) electrons. The van der Waals surface area contributed by atoms with Gasteiger partial charge in [-0.15, -0.1) is 0 Å². The molecule has 0 fully saturated rings. The van der Waals surface area contributed by atoms with Crippen LogP contribution in [0.5, 0.6) is 0 Å². The average molecular weight is 276 g/mol. The van der Waals surface area contributed by atoms with E-state index in [2.05, 4.69) is 21.2 Å². The number of nitrogens with one attached hydrogen (secondary N) is 1. The Morgan fingerprint density at radius 3 is 3.00 bits per heavy atom. The van der Waals surface area contributed by atoms with Crippen LogP contribution in [0.25, 0.3) is 0 Å². The first-order chi connectivity index (χ1) is 7.24. The van der Waals surface area contributed by atoms with Crippen molar-refractivity contribution in [3.05, 3.63) is 34.1 Å². The Kier molecular flexibility index (Phi) is 5.83. The summed E-state index contributed by atoms with van der Waals surface area (Å²) >= 11 is 3.30. The maximum Gasteiger partial charge on any atom is 0.128 e. The lowest BCUT2D eigenvalue weighted by Gasteiger charge is -2.06. The van der Waals surface area contributed by atoms with Gasteiger partial charge in [-0.2, -0.15) is 0 Å². The molecular weight excluding hydrogens is 261 g/mol. The summed E-state index contributed by atoms with van der Waals surface area (Å²) in [6.45, 7) is 4.67. The van der Waals surface area contributed by atoms with Crippen LogP contribution in [0.15, 0.2) is 22.7 Å². The molecule has 0 bridgehead atoms. The summed E-state index contributed by atoms with van der Waals surface area (Å²) in [5.41, 5.74) is 0.584. The van der Waals surface area contributed by atoms with Crippen molar-refractivity contribution in [2.75, 3.05) is 19.7 Å². The fourth-order valence-corrected chi connectivity index (χ4v) is 1.57. The zero-order valence-electron chi connectivity index (χ0n) is 8.72. The van der Waals surface area contributed by atoms with Gasteiger partial charge in [0.15, 0.2) is 0 Å². The van der Waals surface area contributed by atoms with Crippen LogP contribution in [0.2, 0.25) is 0 Å². The maximum absolute atomic E-state index is 13.2. The van der Waals surface area contributed by atoms with E-state index in [4.69, 9.17) is 4.74 Å². The number of rotatable bonds is 6. The fraction of sp³-hybridized carbons (Fsp3) is 0.455. The second-order valence-corrected chi connectivity index (χ2v) is 4.06. The summed E-state index contributed by atoms with van der Waals surface area (Å²) in [7, 11) is 0. The standard InChI is InChI=1S/C11H15BrFNO/c1-2-14-5-6-15-8-9-7-10(12)3-4-11(9)13/h3-4,7,14H,2,5-6,8H2,1H3. The molecule has 0 saturated heterocycles. The van der Waals surface area contributed by atoms with Gasteiger partial charge in [-0.25, -0.2) is 4.39 Å². The smallest absolute Gasteiger partial charge is 0.128 e. The second-order valence-electron chi connectivity index (χ2n) is 3.14. The molecule has 1 N–H and O–H groups in total. The van der Waals surface area contributed by atoms with Gasteiger partial charge in [0.1, 0.15) is 5.82 Å². The summed E-state index contributed by atoms with van der Waals surface area (Å²) < 4.78 is 19.4. The summed E-state index contributed by atoms with van der Waals surface area (Å²) in [4.78, 5) is 0. The maximum atomic E-state index is 13.2. The molecule has 1 aromatic rings. The number of hydrogen-bond donors (Lipinski definition) is 1. The van der Waals surface area contributed by atoms with Gasteiger partial charge in [0.05, 0.1) is 13.2 Å². The van der Waals surface area contributed by atoms with E-state index < -0.39 is 0 Å². The van der Waals surface area contributed by atoms with Crippen LogP contribution in [0.3, 0.4) is 0 Å². The molecule has 0 spiro atoms. The van der Waals surface area contributed by atoms with Crippen LogP contribution in [0.1, 0.15) is 12.5 Å². The van der Waals surface area contributed by atoms with E-state index in [1.165, 1.54) is 6.07 Å². The van der Waals surface area contributed by atoms with E-state index in [1.54, 1.807) is 12.1 Å². The Balaban J connectivity index is 2.33. The van der Waals surface area contributed by atoms with E-state index in [1.807, 2.05) is 6.92 Å². The first-order valence-electron chi connectivity index (χ1n) is 4.96. The van der Waals surface area contributed by atoms with Gasteiger partial charge in [-0.05, 0) is 24.7 Å². The summed E-state index contributed by atoms with van der Waals surface area (Å²) in [5.74, 6) is -0.221. The van der Waals surface area contributed by atoms with Gasteiger partial charge in [0.2, 0.25) is 0 Å². The van der Waals surface area contributed by atoms with Crippen molar-refractivity contribution in [3.8, 4) is 0 Å². The minimum atomic E-state index is -0.221. The lowest BCUT2D eigenvalue weighted by atomic mass is 10.2. The topological polar surface area (TPSA) is 21.3 Å². The van der Waals surface area contributed by atoms with E-state index in [9.17, 15) is 4.39 Å². The van der Waals surface area contributed by atoms with Crippen molar-refractivity contribution in [1.82, 2.24) is 5.32 Å². The van der Waals surface area contributed by atoms with Gasteiger partial charge < -0.3 is 10.1 Å². The number of likely N-dealkylation sites (N-methyl/N-ethyl adjacent to an activating group) is 1. The van der Waals surface area contributed by atoms with Gasteiger partial charge in [-0.3, -0.25) is 0 Å². The minimum Gasteiger partial charge on any atom is -0.375 e. The predicted octanol–water partition coefficient (Wildman–Crippen LogP) is 2.71. The van der Waals surface area contributed by atoms with E-state index in [0.717, 1.165) is 17.6 Å². The highest BCUT2D eigenvalue weighted by Crippen LogP contribution is 2.16. The predicted molar refractivity (Wildman–Crippen MR) is 62.3 cm³/mol. The third kappa shape index (κ3) is 4.73. The third-order valence-electron chi connectivity index (χ3n) is 1.94. The Bertz CT molecular complexity index is 307. The zero-order chi connectivity index (χ0) is 11.1. The molecule has 84 valence electrons. The van der Waals surface area contributed by atoms with Crippen molar-refractivity contribution in [2.24, 2.45) is 0 Å². The molecule has 0 unspecified atom stereocenters. The van der Waals surface area contributed by atoms with Crippen LogP contribution >= 0.6 is 15.9 Å². The van der Waals surface area contributed by atoms with E-state index in [-0.39, 0.29) is 5.82 Å². The lowest BCUT2D eigenvalue weighted by molar-refractivity contribution is 0.120. The van der Waals surface area contributed by atoms with Gasteiger partial charge in [0.25, 0.3) is 0 Å².